The highest BCUT2D eigenvalue weighted by molar-refractivity contribution is 9.10. The lowest BCUT2D eigenvalue weighted by molar-refractivity contribution is 0.879. The highest BCUT2D eigenvalue weighted by atomic mass is 79.9. The number of halogens is 1. The molecule has 2 rings (SSSR count). The van der Waals surface area contributed by atoms with Crippen LogP contribution in [0.5, 0.6) is 0 Å². The maximum atomic E-state index is 4.03. The molecule has 2 aromatic rings. The number of nitrogens with one attached hydrogen (secondary N) is 1. The Morgan fingerprint density at radius 1 is 1.18 bits per heavy atom. The van der Waals surface area contributed by atoms with Gasteiger partial charge in [0.15, 0.2) is 0 Å². The Labute approximate surface area is 110 Å². The zero-order valence-corrected chi connectivity index (χ0v) is 11.5. The zero-order chi connectivity index (χ0) is 12.3. The maximum absolute atomic E-state index is 4.03. The Balaban J connectivity index is 2.18. The smallest absolute Gasteiger partial charge is 0.0491 e. The average molecular weight is 291 g/mol. The number of aryl methyl sites for hydroxylation is 1. The van der Waals surface area contributed by atoms with Crippen LogP contribution in [-0.2, 0) is 0 Å². The van der Waals surface area contributed by atoms with Crippen LogP contribution in [0.2, 0.25) is 0 Å². The van der Waals surface area contributed by atoms with Crippen molar-refractivity contribution in [2.75, 3.05) is 5.32 Å². The van der Waals surface area contributed by atoms with Crippen molar-refractivity contribution in [3.8, 4) is 0 Å². The molecular formula is C14H15BrN2. The zero-order valence-electron chi connectivity index (χ0n) is 9.94. The topological polar surface area (TPSA) is 24.9 Å². The summed E-state index contributed by atoms with van der Waals surface area (Å²) in [6.45, 7) is 4.23. The van der Waals surface area contributed by atoms with Gasteiger partial charge >= 0.3 is 0 Å². The molecule has 2 nitrogen and oxygen atoms in total. The highest BCUT2D eigenvalue weighted by Crippen LogP contribution is 2.27. The minimum Gasteiger partial charge on any atom is -0.378 e. The third-order valence-corrected chi connectivity index (χ3v) is 3.39. The third kappa shape index (κ3) is 3.07. The standard InChI is InChI=1S/C14H15BrN2/c1-10-3-4-13(15)14(9-10)17-11(2)12-5-7-16-8-6-12/h3-9,11,17H,1-2H3. The van der Waals surface area contributed by atoms with Crippen LogP contribution in [0.4, 0.5) is 5.69 Å². The summed E-state index contributed by atoms with van der Waals surface area (Å²) in [4.78, 5) is 4.03. The van der Waals surface area contributed by atoms with Crippen LogP contribution in [-0.4, -0.2) is 4.98 Å². The van der Waals surface area contributed by atoms with E-state index < -0.39 is 0 Å². The normalized spacial score (nSPS) is 12.2. The SMILES string of the molecule is Cc1ccc(Br)c(NC(C)c2ccncc2)c1. The number of pyridine rings is 1. The first-order valence-corrected chi connectivity index (χ1v) is 6.39. The number of anilines is 1. The van der Waals surface area contributed by atoms with Gasteiger partial charge < -0.3 is 5.32 Å². The molecule has 1 atom stereocenters. The van der Waals surface area contributed by atoms with E-state index >= 15 is 0 Å². The second kappa shape index (κ2) is 5.32. The molecule has 0 bridgehead atoms. The van der Waals surface area contributed by atoms with Crippen LogP contribution in [0, 0.1) is 6.92 Å². The van der Waals surface area contributed by atoms with Crippen molar-refractivity contribution in [3.63, 3.8) is 0 Å². The van der Waals surface area contributed by atoms with E-state index in [0.29, 0.717) is 0 Å². The van der Waals surface area contributed by atoms with E-state index in [0.717, 1.165) is 10.2 Å². The van der Waals surface area contributed by atoms with Crippen molar-refractivity contribution >= 4 is 21.6 Å². The fourth-order valence-electron chi connectivity index (χ4n) is 1.72. The van der Waals surface area contributed by atoms with Crippen molar-refractivity contribution < 1.29 is 0 Å². The summed E-state index contributed by atoms with van der Waals surface area (Å²) in [7, 11) is 0. The summed E-state index contributed by atoms with van der Waals surface area (Å²) in [5.74, 6) is 0. The quantitative estimate of drug-likeness (QED) is 0.910. The van der Waals surface area contributed by atoms with Crippen LogP contribution < -0.4 is 5.32 Å². The van der Waals surface area contributed by atoms with Gasteiger partial charge in [0.25, 0.3) is 0 Å². The first-order valence-electron chi connectivity index (χ1n) is 5.59. The second-order valence-corrected chi connectivity index (χ2v) is 4.98. The molecule has 0 saturated carbocycles. The molecule has 0 spiro atoms. The molecule has 0 amide bonds. The number of hydrogen-bond acceptors (Lipinski definition) is 2. The molecule has 1 heterocycles. The minimum absolute atomic E-state index is 0.260. The van der Waals surface area contributed by atoms with E-state index in [4.69, 9.17) is 0 Å². The molecule has 0 aliphatic heterocycles. The van der Waals surface area contributed by atoms with Gasteiger partial charge in [-0.25, -0.2) is 0 Å². The fourth-order valence-corrected chi connectivity index (χ4v) is 2.08. The van der Waals surface area contributed by atoms with Gasteiger partial charge in [0.2, 0.25) is 0 Å². The van der Waals surface area contributed by atoms with Crippen molar-refractivity contribution in [2.24, 2.45) is 0 Å². The van der Waals surface area contributed by atoms with E-state index in [-0.39, 0.29) is 6.04 Å². The summed E-state index contributed by atoms with van der Waals surface area (Å²) in [5.41, 5.74) is 3.60. The molecule has 0 fully saturated rings. The molecule has 3 heteroatoms. The van der Waals surface area contributed by atoms with E-state index in [9.17, 15) is 0 Å². The Morgan fingerprint density at radius 3 is 2.59 bits per heavy atom. The lowest BCUT2D eigenvalue weighted by atomic mass is 10.1. The van der Waals surface area contributed by atoms with Crippen LogP contribution in [0.1, 0.15) is 24.1 Å². The molecule has 88 valence electrons. The summed E-state index contributed by atoms with van der Waals surface area (Å²) >= 11 is 3.56. The van der Waals surface area contributed by atoms with Crippen molar-refractivity contribution in [1.82, 2.24) is 4.98 Å². The van der Waals surface area contributed by atoms with Crippen molar-refractivity contribution in [3.05, 3.63) is 58.3 Å². The van der Waals surface area contributed by atoms with Crippen LogP contribution in [0.3, 0.4) is 0 Å². The molecule has 0 radical (unpaired) electrons. The lowest BCUT2D eigenvalue weighted by Crippen LogP contribution is -2.07. The van der Waals surface area contributed by atoms with Gasteiger partial charge in [0, 0.05) is 28.6 Å². The summed E-state index contributed by atoms with van der Waals surface area (Å²) in [6, 6.07) is 10.6. The molecule has 0 aliphatic carbocycles. The third-order valence-electron chi connectivity index (χ3n) is 2.70. The molecular weight excluding hydrogens is 276 g/mol. The number of nitrogens with zero attached hydrogens (tertiary/aromatic N) is 1. The molecule has 1 aromatic carbocycles. The first-order chi connectivity index (χ1) is 8.16. The van der Waals surface area contributed by atoms with Gasteiger partial charge in [-0.15, -0.1) is 0 Å². The van der Waals surface area contributed by atoms with Crippen molar-refractivity contribution in [2.45, 2.75) is 19.9 Å². The largest absolute Gasteiger partial charge is 0.378 e. The average Bonchev–Trinajstić information content (AvgIpc) is 2.35. The number of rotatable bonds is 3. The van der Waals surface area contributed by atoms with Gasteiger partial charge in [-0.3, -0.25) is 4.98 Å². The molecule has 0 saturated heterocycles. The monoisotopic (exact) mass is 290 g/mol. The van der Waals surface area contributed by atoms with E-state index in [1.165, 1.54) is 11.1 Å². The fraction of sp³-hybridized carbons (Fsp3) is 0.214. The van der Waals surface area contributed by atoms with Gasteiger partial charge in [0.1, 0.15) is 0 Å². The predicted molar refractivity (Wildman–Crippen MR) is 75.2 cm³/mol. The van der Waals surface area contributed by atoms with E-state index in [1.807, 2.05) is 24.5 Å². The van der Waals surface area contributed by atoms with Crippen LogP contribution >= 0.6 is 15.9 Å². The first kappa shape index (κ1) is 12.1. The second-order valence-electron chi connectivity index (χ2n) is 4.13. The lowest BCUT2D eigenvalue weighted by Gasteiger charge is -2.17. The van der Waals surface area contributed by atoms with E-state index in [2.05, 4.69) is 58.3 Å². The van der Waals surface area contributed by atoms with Crippen LogP contribution in [0.15, 0.2) is 47.2 Å². The predicted octanol–water partition coefficient (Wildman–Crippen LogP) is 4.33. The Bertz CT molecular complexity index is 497. The summed E-state index contributed by atoms with van der Waals surface area (Å²) < 4.78 is 1.09. The summed E-state index contributed by atoms with van der Waals surface area (Å²) in [5, 5.41) is 3.49. The molecule has 1 unspecified atom stereocenters. The van der Waals surface area contributed by atoms with Gasteiger partial charge in [-0.1, -0.05) is 6.07 Å². The highest BCUT2D eigenvalue weighted by Gasteiger charge is 2.07. The minimum atomic E-state index is 0.260. The van der Waals surface area contributed by atoms with Gasteiger partial charge in [-0.05, 0) is 65.2 Å². The number of benzene rings is 1. The molecule has 1 aromatic heterocycles. The van der Waals surface area contributed by atoms with Crippen molar-refractivity contribution in [1.29, 1.82) is 0 Å². The summed E-state index contributed by atoms with van der Waals surface area (Å²) in [6.07, 6.45) is 3.64. The molecule has 17 heavy (non-hydrogen) atoms. The molecule has 0 aliphatic rings. The number of hydrogen-bond donors (Lipinski definition) is 1. The Hall–Kier alpha value is -1.35. The van der Waals surface area contributed by atoms with Crippen LogP contribution in [0.25, 0.3) is 0 Å². The Kier molecular flexibility index (Phi) is 3.79. The van der Waals surface area contributed by atoms with Gasteiger partial charge in [-0.2, -0.15) is 0 Å². The molecule has 1 N–H and O–H groups in total. The maximum Gasteiger partial charge on any atom is 0.0491 e. The van der Waals surface area contributed by atoms with E-state index in [1.54, 1.807) is 0 Å². The van der Waals surface area contributed by atoms with Gasteiger partial charge in [0.05, 0.1) is 0 Å². The number of aromatic nitrogens is 1. The Morgan fingerprint density at radius 2 is 1.88 bits per heavy atom.